The molecular formula is C39H46FN5O3. The maximum Gasteiger partial charge on any atom is 0.240 e. The summed E-state index contributed by atoms with van der Waals surface area (Å²) in [6, 6.07) is 23.5. The molecule has 1 aliphatic carbocycles. The number of hydrogen-bond acceptors (Lipinski definition) is 6. The minimum atomic E-state index is -0.510. The van der Waals surface area contributed by atoms with Crippen LogP contribution in [0.25, 0.3) is 0 Å². The molecule has 1 fully saturated rings. The zero-order chi connectivity index (χ0) is 34.2. The lowest BCUT2D eigenvalue weighted by Gasteiger charge is -2.53. The molecule has 0 saturated carbocycles. The number of carbonyl (C=O) groups excluding carboxylic acids is 2. The number of halogens is 1. The van der Waals surface area contributed by atoms with Gasteiger partial charge in [0.2, 0.25) is 12.3 Å². The fraction of sp³-hybridized carbons (Fsp3) is 0.333. The van der Waals surface area contributed by atoms with Crippen LogP contribution in [0.15, 0.2) is 114 Å². The second-order valence-electron chi connectivity index (χ2n) is 12.3. The normalized spacial score (nSPS) is 21.8. The molecule has 8 nitrogen and oxygen atoms in total. The monoisotopic (exact) mass is 651 g/mol. The summed E-state index contributed by atoms with van der Waals surface area (Å²) in [6.07, 6.45) is 8.16. The van der Waals surface area contributed by atoms with Crippen molar-refractivity contribution in [1.82, 2.24) is 25.1 Å². The third-order valence-electron chi connectivity index (χ3n) is 9.03. The average Bonchev–Trinajstić information content (AvgIpc) is 3.10. The highest BCUT2D eigenvalue weighted by molar-refractivity contribution is 5.79. The van der Waals surface area contributed by atoms with E-state index in [-0.39, 0.29) is 42.5 Å². The molecule has 1 saturated heterocycles. The van der Waals surface area contributed by atoms with Gasteiger partial charge >= 0.3 is 0 Å². The molecule has 2 aliphatic heterocycles. The number of phenolic OH excluding ortho intramolecular Hbond substituents is 1. The molecular weight excluding hydrogens is 605 g/mol. The van der Waals surface area contributed by atoms with E-state index in [0.29, 0.717) is 25.9 Å². The molecule has 0 spiro atoms. The highest BCUT2D eigenvalue weighted by Gasteiger charge is 2.43. The van der Waals surface area contributed by atoms with E-state index < -0.39 is 6.17 Å². The number of fused-ring (bicyclic) bond motifs is 2. The number of rotatable bonds is 8. The van der Waals surface area contributed by atoms with E-state index in [1.165, 1.54) is 12.1 Å². The first kappa shape index (κ1) is 34.4. The summed E-state index contributed by atoms with van der Waals surface area (Å²) in [5, 5.41) is 17.5. The first-order valence-electron chi connectivity index (χ1n) is 16.7. The molecule has 2 unspecified atom stereocenters. The number of likely N-dealkylation sites (N-methyl/N-ethyl adjacent to an activating group) is 1. The van der Waals surface area contributed by atoms with Gasteiger partial charge in [-0.15, -0.1) is 0 Å². The molecule has 2 amide bonds. The molecule has 2 N–H and O–H groups in total. The average molecular weight is 652 g/mol. The largest absolute Gasteiger partial charge is 0.508 e. The number of hydrogen-bond donors (Lipinski definition) is 2. The zero-order valence-electron chi connectivity index (χ0n) is 28.2. The van der Waals surface area contributed by atoms with Crippen molar-refractivity contribution in [3.05, 3.63) is 137 Å². The SMILES string of the molecule is CC.CC(Cc1ccc(O)cc1)N1C(=O)CN(C)N2/C(NCc3ccc(F)cc3)=C3\C=C(C=CC3)C(c3ccccc3)CN(C=O)C[C@@H]12. The minimum absolute atomic E-state index is 0.0276. The number of carbonyl (C=O) groups is 2. The summed E-state index contributed by atoms with van der Waals surface area (Å²) in [5.74, 6) is 0.649. The maximum absolute atomic E-state index is 13.9. The Hall–Kier alpha value is -4.89. The van der Waals surface area contributed by atoms with Crippen molar-refractivity contribution in [2.75, 3.05) is 26.7 Å². The van der Waals surface area contributed by atoms with Gasteiger partial charge < -0.3 is 20.2 Å². The fourth-order valence-corrected chi connectivity index (χ4v) is 6.80. The van der Waals surface area contributed by atoms with Crippen molar-refractivity contribution in [3.8, 4) is 5.75 Å². The van der Waals surface area contributed by atoms with Crippen LogP contribution in [-0.2, 0) is 22.6 Å². The number of nitrogens with zero attached hydrogens (tertiary/aromatic N) is 4. The van der Waals surface area contributed by atoms with E-state index in [1.54, 1.807) is 29.2 Å². The van der Waals surface area contributed by atoms with Crippen molar-refractivity contribution >= 4 is 12.3 Å². The van der Waals surface area contributed by atoms with Gasteiger partial charge in [0.1, 0.15) is 23.6 Å². The number of amides is 2. The lowest BCUT2D eigenvalue weighted by Crippen LogP contribution is -2.69. The van der Waals surface area contributed by atoms with Crippen molar-refractivity contribution in [1.29, 1.82) is 0 Å². The summed E-state index contributed by atoms with van der Waals surface area (Å²) in [6.45, 7) is 7.38. The van der Waals surface area contributed by atoms with Gasteiger partial charge in [0.15, 0.2) is 0 Å². The van der Waals surface area contributed by atoms with E-state index in [9.17, 15) is 19.1 Å². The van der Waals surface area contributed by atoms with E-state index in [1.807, 2.05) is 68.1 Å². The molecule has 0 radical (unpaired) electrons. The molecule has 3 aromatic rings. The molecule has 2 heterocycles. The van der Waals surface area contributed by atoms with E-state index in [4.69, 9.17) is 0 Å². The summed E-state index contributed by atoms with van der Waals surface area (Å²) in [4.78, 5) is 30.4. The van der Waals surface area contributed by atoms with E-state index >= 15 is 0 Å². The molecule has 0 aromatic heterocycles. The van der Waals surface area contributed by atoms with Crippen LogP contribution in [0.4, 0.5) is 4.39 Å². The number of aromatic hydroxyl groups is 1. The van der Waals surface area contributed by atoms with E-state index in [2.05, 4.69) is 40.7 Å². The second kappa shape index (κ2) is 15.8. The molecule has 3 aliphatic rings. The highest BCUT2D eigenvalue weighted by Crippen LogP contribution is 2.35. The van der Waals surface area contributed by atoms with Gasteiger partial charge in [0.25, 0.3) is 0 Å². The topological polar surface area (TPSA) is 79.4 Å². The van der Waals surface area contributed by atoms with Crippen LogP contribution in [0.5, 0.6) is 5.75 Å². The lowest BCUT2D eigenvalue weighted by molar-refractivity contribution is -0.176. The first-order valence-corrected chi connectivity index (χ1v) is 16.7. The van der Waals surface area contributed by atoms with Crippen LogP contribution in [-0.4, -0.2) is 76.1 Å². The number of nitrogens with one attached hydrogen (secondary N) is 1. The Labute approximate surface area is 283 Å². The van der Waals surface area contributed by atoms with Crippen LogP contribution < -0.4 is 5.32 Å². The highest BCUT2D eigenvalue weighted by atomic mass is 19.1. The number of allylic oxidation sites excluding steroid dienone is 4. The van der Waals surface area contributed by atoms with Crippen LogP contribution >= 0.6 is 0 Å². The number of hydrazine groups is 1. The molecule has 3 aromatic carbocycles. The Kier molecular flexibility index (Phi) is 11.3. The summed E-state index contributed by atoms with van der Waals surface area (Å²) >= 11 is 0. The van der Waals surface area contributed by atoms with Crippen molar-refractivity contribution in [2.45, 2.75) is 58.3 Å². The Morgan fingerprint density at radius 2 is 1.67 bits per heavy atom. The Balaban J connectivity index is 0.00000221. The molecule has 3 atom stereocenters. The van der Waals surface area contributed by atoms with Gasteiger partial charge in [0.05, 0.1) is 13.1 Å². The van der Waals surface area contributed by atoms with Crippen LogP contribution in [0.1, 0.15) is 49.8 Å². The van der Waals surface area contributed by atoms with Crippen molar-refractivity contribution < 1.29 is 19.1 Å². The van der Waals surface area contributed by atoms with Gasteiger partial charge in [-0.05, 0) is 71.9 Å². The fourth-order valence-electron chi connectivity index (χ4n) is 6.80. The molecule has 9 heteroatoms. The van der Waals surface area contributed by atoms with Crippen LogP contribution in [0, 0.1) is 5.82 Å². The standard InChI is InChI=1S/C37H40FN5O3.C2H6/c1-26(19-27-13-17-33(45)18-14-27)42-35-23-41(25-44)22-34(29-7-4-3-5-8-29)30-9-6-10-31(20-30)37(43(35)40(2)24-36(42)46)39-21-28-11-15-32(38)16-12-28;1-2/h3-9,11-18,20,25-26,34-35,39,45H,10,19,21-24H2,1-2H3;1-2H3/b37-31-;/t26?,34?,35-;/m0./s1. The first-order chi connectivity index (χ1) is 23.3. The van der Waals surface area contributed by atoms with Crippen molar-refractivity contribution in [2.24, 2.45) is 0 Å². The molecule has 48 heavy (non-hydrogen) atoms. The Morgan fingerprint density at radius 1 is 0.979 bits per heavy atom. The third kappa shape index (κ3) is 7.80. The Bertz CT molecular complexity index is 1640. The lowest BCUT2D eigenvalue weighted by atomic mass is 9.85. The maximum atomic E-state index is 13.9. The van der Waals surface area contributed by atoms with Crippen LogP contribution in [0.2, 0.25) is 0 Å². The van der Waals surface area contributed by atoms with Gasteiger partial charge in [-0.25, -0.2) is 9.40 Å². The smallest absolute Gasteiger partial charge is 0.240 e. The summed E-state index contributed by atoms with van der Waals surface area (Å²) < 4.78 is 13.7. The molecule has 252 valence electrons. The summed E-state index contributed by atoms with van der Waals surface area (Å²) in [7, 11) is 1.90. The predicted molar refractivity (Wildman–Crippen MR) is 187 cm³/mol. The van der Waals surface area contributed by atoms with Gasteiger partial charge in [0, 0.05) is 32.1 Å². The quantitative estimate of drug-likeness (QED) is 0.293. The van der Waals surface area contributed by atoms with E-state index in [0.717, 1.165) is 40.1 Å². The molecule has 6 rings (SSSR count). The Morgan fingerprint density at radius 3 is 2.35 bits per heavy atom. The van der Waals surface area contributed by atoms with Crippen LogP contribution in [0.3, 0.4) is 0 Å². The van der Waals surface area contributed by atoms with Gasteiger partial charge in [-0.3, -0.25) is 14.6 Å². The van der Waals surface area contributed by atoms with Gasteiger partial charge in [-0.2, -0.15) is 0 Å². The van der Waals surface area contributed by atoms with Gasteiger partial charge in [-0.1, -0.05) is 86.7 Å². The summed E-state index contributed by atoms with van der Waals surface area (Å²) in [5.41, 5.74) is 5.20. The second-order valence-corrected chi connectivity index (χ2v) is 12.3. The zero-order valence-corrected chi connectivity index (χ0v) is 28.2. The number of phenols is 1. The minimum Gasteiger partial charge on any atom is -0.508 e. The molecule has 2 bridgehead atoms. The van der Waals surface area contributed by atoms with Crippen molar-refractivity contribution in [3.63, 3.8) is 0 Å². The third-order valence-corrected chi connectivity index (χ3v) is 9.03. The predicted octanol–water partition coefficient (Wildman–Crippen LogP) is 5.95. The number of benzene rings is 3.